The van der Waals surface area contributed by atoms with Crippen LogP contribution >= 0.6 is 0 Å². The molecule has 7 nitrogen and oxygen atoms in total. The molecule has 4 aliphatic rings. The number of nitrogens with one attached hydrogen (secondary N) is 6. The van der Waals surface area contributed by atoms with Crippen molar-refractivity contribution >= 4 is 0 Å². The molecule has 8 N–H and O–H groups in total. The molecule has 36 heavy (non-hydrogen) atoms. The van der Waals surface area contributed by atoms with E-state index in [9.17, 15) is 0 Å². The van der Waals surface area contributed by atoms with Crippen molar-refractivity contribution in [3.05, 3.63) is 0 Å². The van der Waals surface area contributed by atoms with Crippen LogP contribution in [0.5, 0.6) is 0 Å². The summed E-state index contributed by atoms with van der Waals surface area (Å²) < 4.78 is 0. The number of hydrogen-bond donors (Lipinski definition) is 7. The van der Waals surface area contributed by atoms with E-state index in [0.29, 0.717) is 22.9 Å². The van der Waals surface area contributed by atoms with Crippen LogP contribution in [0.2, 0.25) is 0 Å². The maximum atomic E-state index is 5.30. The molecule has 4 fully saturated rings. The number of nitrogens with two attached hydrogens (primary N) is 1. The van der Waals surface area contributed by atoms with Crippen molar-refractivity contribution in [3.63, 3.8) is 0 Å². The van der Waals surface area contributed by atoms with E-state index < -0.39 is 0 Å². The molecule has 0 radical (unpaired) electrons. The molecule has 0 saturated heterocycles. The summed E-state index contributed by atoms with van der Waals surface area (Å²) in [5.41, 5.74) is 14.1. The molecule has 0 aromatic rings. The second kappa shape index (κ2) is 13.2. The Balaban J connectivity index is 1.23. The van der Waals surface area contributed by atoms with Crippen molar-refractivity contribution in [2.75, 3.05) is 32.7 Å². The summed E-state index contributed by atoms with van der Waals surface area (Å²) in [4.78, 5) is 0. The number of hydrazine groups is 3. The first kappa shape index (κ1) is 28.7. The van der Waals surface area contributed by atoms with Crippen molar-refractivity contribution in [2.45, 2.75) is 110 Å². The van der Waals surface area contributed by atoms with Crippen LogP contribution in [0, 0.1) is 40.4 Å². The molecular weight excluding hydrogens is 446 g/mol. The molecule has 0 bridgehead atoms. The van der Waals surface area contributed by atoms with Crippen LogP contribution in [0.25, 0.3) is 0 Å². The molecular formula is C29H59N7. The standard InChI is InChI=1S/C29H59N7/c1-21(2)32-15-5-6-22-8-10-26-25-9-7-23-20-24(35-36-34-19-17-31-16-18-33-30)11-13-29(23,4)27(25)12-14-28(22,26)3/h21-27,31-36H,5-20,30H2,1-4H3/t22?,23?,24?,25?,26?,27?,28-,29+/m1/s1. The minimum atomic E-state index is 0.566. The molecule has 0 aromatic heterocycles. The van der Waals surface area contributed by atoms with E-state index in [1.807, 2.05) is 0 Å². The molecule has 7 heteroatoms. The van der Waals surface area contributed by atoms with Gasteiger partial charge in [0, 0.05) is 38.3 Å². The lowest BCUT2D eigenvalue weighted by atomic mass is 9.44. The van der Waals surface area contributed by atoms with Crippen LogP contribution < -0.4 is 38.3 Å². The maximum Gasteiger partial charge on any atom is 0.0238 e. The van der Waals surface area contributed by atoms with E-state index in [4.69, 9.17) is 5.84 Å². The van der Waals surface area contributed by atoms with Gasteiger partial charge in [-0.15, -0.1) is 0 Å². The van der Waals surface area contributed by atoms with Crippen LogP contribution in [0.1, 0.15) is 98.3 Å². The molecule has 8 atom stereocenters. The summed E-state index contributed by atoms with van der Waals surface area (Å²) in [6, 6.07) is 1.21. The highest BCUT2D eigenvalue weighted by Crippen LogP contribution is 2.67. The molecule has 4 rings (SSSR count). The Bertz CT molecular complexity index is 660. The Morgan fingerprint density at radius 3 is 2.42 bits per heavy atom. The smallest absolute Gasteiger partial charge is 0.0238 e. The molecule has 210 valence electrons. The predicted octanol–water partition coefficient (Wildman–Crippen LogP) is 3.44. The van der Waals surface area contributed by atoms with Gasteiger partial charge >= 0.3 is 0 Å². The van der Waals surface area contributed by atoms with Crippen molar-refractivity contribution in [1.82, 2.24) is 32.4 Å². The van der Waals surface area contributed by atoms with Crippen molar-refractivity contribution in [1.29, 1.82) is 0 Å². The topological polar surface area (TPSA) is 98.2 Å². The minimum absolute atomic E-state index is 0.566. The molecule has 4 aliphatic carbocycles. The number of rotatable bonds is 14. The van der Waals surface area contributed by atoms with Gasteiger partial charge in [0.25, 0.3) is 0 Å². The summed E-state index contributed by atoms with van der Waals surface area (Å²) in [5, 5.41) is 7.00. The fourth-order valence-electron chi connectivity index (χ4n) is 9.36. The minimum Gasteiger partial charge on any atom is -0.315 e. The number of hydrogen-bond acceptors (Lipinski definition) is 7. The first-order valence-corrected chi connectivity index (χ1v) is 15.5. The monoisotopic (exact) mass is 505 g/mol. The largest absolute Gasteiger partial charge is 0.315 e. The quantitative estimate of drug-likeness (QED) is 0.110. The van der Waals surface area contributed by atoms with Crippen LogP contribution in [-0.2, 0) is 0 Å². The van der Waals surface area contributed by atoms with E-state index in [-0.39, 0.29) is 0 Å². The third kappa shape index (κ3) is 6.47. The second-order valence-electron chi connectivity index (χ2n) is 13.6. The third-order valence-electron chi connectivity index (χ3n) is 11.4. The first-order valence-electron chi connectivity index (χ1n) is 15.5. The lowest BCUT2D eigenvalue weighted by Crippen LogP contribution is -2.57. The average Bonchev–Trinajstić information content (AvgIpc) is 3.19. The molecule has 6 unspecified atom stereocenters. The van der Waals surface area contributed by atoms with Crippen LogP contribution in [-0.4, -0.2) is 44.8 Å². The van der Waals surface area contributed by atoms with E-state index in [0.717, 1.165) is 55.8 Å². The Labute approximate surface area is 221 Å². The van der Waals surface area contributed by atoms with Gasteiger partial charge in [-0.25, -0.2) is 10.9 Å². The van der Waals surface area contributed by atoms with E-state index in [1.54, 1.807) is 0 Å². The summed E-state index contributed by atoms with van der Waals surface area (Å²) >= 11 is 0. The van der Waals surface area contributed by atoms with Crippen LogP contribution in [0.3, 0.4) is 0 Å². The Hall–Kier alpha value is -0.280. The van der Waals surface area contributed by atoms with Gasteiger partial charge in [-0.2, -0.15) is 5.53 Å². The summed E-state index contributed by atoms with van der Waals surface area (Å²) in [5.74, 6) is 10.1. The fraction of sp³-hybridized carbons (Fsp3) is 1.00. The van der Waals surface area contributed by atoms with Gasteiger partial charge in [0.2, 0.25) is 0 Å². The summed E-state index contributed by atoms with van der Waals surface area (Å²) in [6.07, 6.45) is 15.8. The highest BCUT2D eigenvalue weighted by molar-refractivity contribution is 5.09. The predicted molar refractivity (Wildman–Crippen MR) is 151 cm³/mol. The lowest BCUT2D eigenvalue weighted by molar-refractivity contribution is -0.115. The maximum absolute atomic E-state index is 5.30. The fourth-order valence-corrected chi connectivity index (χ4v) is 9.36. The normalized spacial score (nSPS) is 40.2. The molecule has 4 saturated carbocycles. The second-order valence-corrected chi connectivity index (χ2v) is 13.6. The van der Waals surface area contributed by atoms with Gasteiger partial charge < -0.3 is 10.6 Å². The Morgan fingerprint density at radius 2 is 1.61 bits per heavy atom. The average molecular weight is 506 g/mol. The zero-order valence-electron chi connectivity index (χ0n) is 23.9. The molecule has 0 amide bonds. The number of fused-ring (bicyclic) bond motifs is 5. The van der Waals surface area contributed by atoms with Gasteiger partial charge in [-0.3, -0.25) is 11.3 Å². The van der Waals surface area contributed by atoms with Crippen molar-refractivity contribution in [2.24, 2.45) is 46.3 Å². The van der Waals surface area contributed by atoms with Gasteiger partial charge in [-0.05, 0) is 118 Å². The molecule has 0 spiro atoms. The SMILES string of the molecule is CC(C)NCCCC1CCC2C3CCC4CC(NNNCCNCCNN)CC[C@]4(C)C3CC[C@]12C. The summed E-state index contributed by atoms with van der Waals surface area (Å²) in [6.45, 7) is 14.7. The van der Waals surface area contributed by atoms with Crippen LogP contribution in [0.4, 0.5) is 0 Å². The highest BCUT2D eigenvalue weighted by Gasteiger charge is 2.59. The van der Waals surface area contributed by atoms with Gasteiger partial charge in [0.1, 0.15) is 0 Å². The zero-order valence-corrected chi connectivity index (χ0v) is 23.9. The summed E-state index contributed by atoms with van der Waals surface area (Å²) in [7, 11) is 0. The molecule has 0 aliphatic heterocycles. The Morgan fingerprint density at radius 1 is 0.833 bits per heavy atom. The lowest BCUT2D eigenvalue weighted by Gasteiger charge is -2.61. The van der Waals surface area contributed by atoms with Gasteiger partial charge in [0.15, 0.2) is 0 Å². The zero-order chi connectivity index (χ0) is 25.6. The third-order valence-corrected chi connectivity index (χ3v) is 11.4. The Kier molecular flexibility index (Phi) is 10.5. The van der Waals surface area contributed by atoms with Gasteiger partial charge in [-0.1, -0.05) is 27.7 Å². The van der Waals surface area contributed by atoms with Crippen molar-refractivity contribution < 1.29 is 0 Å². The van der Waals surface area contributed by atoms with Crippen molar-refractivity contribution in [3.8, 4) is 0 Å². The first-order chi connectivity index (χ1) is 17.4. The van der Waals surface area contributed by atoms with E-state index in [2.05, 4.69) is 60.1 Å². The van der Waals surface area contributed by atoms with Crippen LogP contribution in [0.15, 0.2) is 0 Å². The van der Waals surface area contributed by atoms with E-state index in [1.165, 1.54) is 77.2 Å². The molecule has 0 aromatic carbocycles. The highest BCUT2D eigenvalue weighted by atomic mass is 15.6. The molecule has 0 heterocycles. The van der Waals surface area contributed by atoms with E-state index >= 15 is 0 Å². The van der Waals surface area contributed by atoms with Gasteiger partial charge in [0.05, 0.1) is 0 Å².